The van der Waals surface area contributed by atoms with Crippen LogP contribution in [-0.4, -0.2) is 23.7 Å². The highest BCUT2D eigenvalue weighted by molar-refractivity contribution is 5.44. The van der Waals surface area contributed by atoms with Gasteiger partial charge in [0.1, 0.15) is 11.5 Å². The Hall–Kier alpha value is -2.56. The minimum Gasteiger partial charge on any atom is -0.508 e. The molecule has 2 rings (SSSR count). The van der Waals surface area contributed by atoms with E-state index in [1.807, 2.05) is 6.92 Å². The Kier molecular flexibility index (Phi) is 4.42. The molecule has 1 atom stereocenters. The molecule has 0 saturated carbocycles. The van der Waals surface area contributed by atoms with Gasteiger partial charge in [0.2, 0.25) is 6.54 Å². The van der Waals surface area contributed by atoms with Crippen LogP contribution in [0.1, 0.15) is 22.6 Å². The standard InChI is InChI=1S/C16H17NO4/c1-11-3-8-16(18)14(9-11)15(10-17(19)20)12-4-6-13(21-2)7-5-12/h3-9,15,18H,10H2,1-2H3. The van der Waals surface area contributed by atoms with Gasteiger partial charge in [0.25, 0.3) is 0 Å². The SMILES string of the molecule is COc1ccc(C(C[N+](=O)[O-])c2cc(C)ccc2O)cc1. The zero-order valence-electron chi connectivity index (χ0n) is 11.9. The van der Waals surface area contributed by atoms with Crippen LogP contribution >= 0.6 is 0 Å². The number of aromatic hydroxyl groups is 1. The number of hydrogen-bond donors (Lipinski definition) is 1. The van der Waals surface area contributed by atoms with Crippen LogP contribution in [0.5, 0.6) is 11.5 Å². The molecule has 2 aromatic carbocycles. The zero-order chi connectivity index (χ0) is 15.4. The summed E-state index contributed by atoms with van der Waals surface area (Å²) in [5, 5.41) is 21.0. The first-order chi connectivity index (χ1) is 10.0. The average molecular weight is 287 g/mol. The second kappa shape index (κ2) is 6.26. The Morgan fingerprint density at radius 3 is 2.48 bits per heavy atom. The van der Waals surface area contributed by atoms with Gasteiger partial charge in [0.05, 0.1) is 13.0 Å². The minimum atomic E-state index is -0.495. The van der Waals surface area contributed by atoms with Gasteiger partial charge in [-0.1, -0.05) is 29.8 Å². The average Bonchev–Trinajstić information content (AvgIpc) is 2.47. The molecule has 0 fully saturated rings. The number of nitro groups is 1. The van der Waals surface area contributed by atoms with E-state index in [4.69, 9.17) is 4.74 Å². The maximum absolute atomic E-state index is 11.0. The van der Waals surface area contributed by atoms with Gasteiger partial charge >= 0.3 is 0 Å². The molecule has 1 N–H and O–H groups in total. The van der Waals surface area contributed by atoms with Gasteiger partial charge in [-0.3, -0.25) is 10.1 Å². The van der Waals surface area contributed by atoms with Crippen molar-refractivity contribution in [1.82, 2.24) is 0 Å². The van der Waals surface area contributed by atoms with Crippen molar-refractivity contribution in [2.75, 3.05) is 13.7 Å². The topological polar surface area (TPSA) is 72.6 Å². The van der Waals surface area contributed by atoms with Crippen LogP contribution < -0.4 is 4.74 Å². The normalized spacial score (nSPS) is 11.9. The molecule has 0 radical (unpaired) electrons. The molecule has 0 heterocycles. The molecule has 0 aromatic heterocycles. The Bertz CT molecular complexity index is 637. The molecule has 0 aliphatic rings. The van der Waals surface area contributed by atoms with Gasteiger partial charge in [-0.2, -0.15) is 0 Å². The van der Waals surface area contributed by atoms with Crippen molar-refractivity contribution in [2.24, 2.45) is 0 Å². The summed E-state index contributed by atoms with van der Waals surface area (Å²) in [6, 6.07) is 12.2. The molecule has 0 spiro atoms. The van der Waals surface area contributed by atoms with Crippen molar-refractivity contribution in [3.05, 3.63) is 69.3 Å². The Morgan fingerprint density at radius 1 is 1.24 bits per heavy atom. The van der Waals surface area contributed by atoms with Crippen LogP contribution in [0.4, 0.5) is 0 Å². The lowest BCUT2D eigenvalue weighted by atomic mass is 9.89. The number of rotatable bonds is 5. The third kappa shape index (κ3) is 3.51. The molecule has 5 heteroatoms. The first kappa shape index (κ1) is 14.8. The fraction of sp³-hybridized carbons (Fsp3) is 0.250. The number of phenols is 1. The maximum atomic E-state index is 11.0. The minimum absolute atomic E-state index is 0.0725. The first-order valence-electron chi connectivity index (χ1n) is 6.56. The van der Waals surface area contributed by atoms with Crippen molar-refractivity contribution in [2.45, 2.75) is 12.8 Å². The van der Waals surface area contributed by atoms with E-state index in [0.29, 0.717) is 11.3 Å². The smallest absolute Gasteiger partial charge is 0.214 e. The number of hydrogen-bond acceptors (Lipinski definition) is 4. The third-order valence-corrected chi connectivity index (χ3v) is 3.41. The molecule has 0 amide bonds. The van der Waals surface area contributed by atoms with E-state index in [2.05, 4.69) is 0 Å². The van der Waals surface area contributed by atoms with E-state index in [-0.39, 0.29) is 17.2 Å². The molecule has 110 valence electrons. The number of nitrogens with zero attached hydrogens (tertiary/aromatic N) is 1. The van der Waals surface area contributed by atoms with Gasteiger partial charge in [-0.05, 0) is 30.7 Å². The molecule has 5 nitrogen and oxygen atoms in total. The van der Waals surface area contributed by atoms with Crippen molar-refractivity contribution in [1.29, 1.82) is 0 Å². The summed E-state index contributed by atoms with van der Waals surface area (Å²) in [6.07, 6.45) is 0. The third-order valence-electron chi connectivity index (χ3n) is 3.41. The highest BCUT2D eigenvalue weighted by Crippen LogP contribution is 2.33. The van der Waals surface area contributed by atoms with Crippen LogP contribution in [0, 0.1) is 17.0 Å². The maximum Gasteiger partial charge on any atom is 0.214 e. The van der Waals surface area contributed by atoms with Crippen molar-refractivity contribution >= 4 is 0 Å². The molecule has 21 heavy (non-hydrogen) atoms. The van der Waals surface area contributed by atoms with E-state index in [9.17, 15) is 15.2 Å². The molecular weight excluding hydrogens is 270 g/mol. The van der Waals surface area contributed by atoms with Crippen molar-refractivity contribution in [3.63, 3.8) is 0 Å². The molecule has 0 bridgehead atoms. The molecule has 1 unspecified atom stereocenters. The Morgan fingerprint density at radius 2 is 1.90 bits per heavy atom. The molecule has 0 saturated heterocycles. The summed E-state index contributed by atoms with van der Waals surface area (Å²) >= 11 is 0. The molecule has 2 aromatic rings. The summed E-state index contributed by atoms with van der Waals surface area (Å²) in [5.74, 6) is 0.265. The fourth-order valence-corrected chi connectivity index (χ4v) is 2.32. The lowest BCUT2D eigenvalue weighted by Crippen LogP contribution is -2.14. The number of ether oxygens (including phenoxy) is 1. The number of methoxy groups -OCH3 is 1. The van der Waals surface area contributed by atoms with Gasteiger partial charge in [-0.25, -0.2) is 0 Å². The predicted octanol–water partition coefficient (Wildman–Crippen LogP) is 3.12. The lowest BCUT2D eigenvalue weighted by molar-refractivity contribution is -0.481. The summed E-state index contributed by atoms with van der Waals surface area (Å²) in [7, 11) is 1.57. The molecule has 0 aliphatic heterocycles. The second-order valence-corrected chi connectivity index (χ2v) is 4.90. The quantitative estimate of drug-likeness (QED) is 0.677. The monoisotopic (exact) mass is 287 g/mol. The van der Waals surface area contributed by atoms with Gasteiger partial charge in [-0.15, -0.1) is 0 Å². The van der Waals surface area contributed by atoms with E-state index in [0.717, 1.165) is 11.1 Å². The summed E-state index contributed by atoms with van der Waals surface area (Å²) in [4.78, 5) is 10.6. The van der Waals surface area contributed by atoms with Crippen molar-refractivity contribution in [3.8, 4) is 11.5 Å². The van der Waals surface area contributed by atoms with Crippen LogP contribution in [0.3, 0.4) is 0 Å². The predicted molar refractivity (Wildman–Crippen MR) is 79.5 cm³/mol. The highest BCUT2D eigenvalue weighted by Gasteiger charge is 2.23. The van der Waals surface area contributed by atoms with Gasteiger partial charge in [0, 0.05) is 10.5 Å². The van der Waals surface area contributed by atoms with E-state index in [1.54, 1.807) is 49.6 Å². The number of aryl methyl sites for hydroxylation is 1. The lowest BCUT2D eigenvalue weighted by Gasteiger charge is -2.16. The number of benzene rings is 2. The van der Waals surface area contributed by atoms with Crippen molar-refractivity contribution < 1.29 is 14.8 Å². The second-order valence-electron chi connectivity index (χ2n) is 4.90. The van der Waals surface area contributed by atoms with Crippen LogP contribution in [0.2, 0.25) is 0 Å². The zero-order valence-corrected chi connectivity index (χ0v) is 11.9. The van der Waals surface area contributed by atoms with E-state index >= 15 is 0 Å². The summed E-state index contributed by atoms with van der Waals surface area (Å²) < 4.78 is 5.10. The van der Waals surface area contributed by atoms with Crippen LogP contribution in [0.25, 0.3) is 0 Å². The Labute approximate surface area is 123 Å². The molecule has 0 aliphatic carbocycles. The largest absolute Gasteiger partial charge is 0.508 e. The number of phenolic OH excluding ortho intramolecular Hbond substituents is 1. The van der Waals surface area contributed by atoms with Crippen LogP contribution in [-0.2, 0) is 0 Å². The first-order valence-corrected chi connectivity index (χ1v) is 6.56. The summed E-state index contributed by atoms with van der Waals surface area (Å²) in [6.45, 7) is 1.61. The Balaban J connectivity index is 2.46. The van der Waals surface area contributed by atoms with Gasteiger partial charge in [0.15, 0.2) is 0 Å². The van der Waals surface area contributed by atoms with E-state index in [1.165, 1.54) is 0 Å². The van der Waals surface area contributed by atoms with Gasteiger partial charge < -0.3 is 9.84 Å². The highest BCUT2D eigenvalue weighted by atomic mass is 16.6. The molecular formula is C16H17NO4. The van der Waals surface area contributed by atoms with Crippen LogP contribution in [0.15, 0.2) is 42.5 Å². The fourth-order valence-electron chi connectivity index (χ4n) is 2.32. The van der Waals surface area contributed by atoms with E-state index < -0.39 is 5.92 Å². The summed E-state index contributed by atoms with van der Waals surface area (Å²) in [5.41, 5.74) is 2.29.